The fourth-order valence-electron chi connectivity index (χ4n) is 1.54. The Balaban J connectivity index is 2.58. The van der Waals surface area contributed by atoms with Gasteiger partial charge in [0.25, 0.3) is 0 Å². The van der Waals surface area contributed by atoms with E-state index in [1.54, 1.807) is 19.0 Å². The third-order valence-electron chi connectivity index (χ3n) is 2.37. The number of hydrogen-bond donors (Lipinski definition) is 0. The van der Waals surface area contributed by atoms with Gasteiger partial charge in [0.2, 0.25) is 5.91 Å². The fourth-order valence-corrected chi connectivity index (χ4v) is 1.54. The van der Waals surface area contributed by atoms with Crippen LogP contribution in [0.25, 0.3) is 0 Å². The number of amides is 1. The average Bonchev–Trinajstić information content (AvgIpc) is 2.16. The van der Waals surface area contributed by atoms with Crippen molar-refractivity contribution in [3.8, 4) is 0 Å². The molecule has 1 aliphatic heterocycles. The maximum Gasteiger partial charge on any atom is 0.241 e. The molecule has 0 saturated carbocycles. The number of morpholine rings is 1. The van der Waals surface area contributed by atoms with Gasteiger partial charge < -0.3 is 9.64 Å². The maximum atomic E-state index is 11.7. The van der Waals surface area contributed by atoms with E-state index in [9.17, 15) is 4.79 Å². The van der Waals surface area contributed by atoms with Crippen LogP contribution >= 0.6 is 0 Å². The van der Waals surface area contributed by atoms with Gasteiger partial charge in [0, 0.05) is 20.6 Å². The molecule has 0 N–H and O–H groups in total. The largest absolute Gasteiger partial charge is 0.378 e. The zero-order valence-corrected chi connectivity index (χ0v) is 8.62. The van der Waals surface area contributed by atoms with E-state index >= 15 is 0 Å². The number of likely N-dealkylation sites (N-methyl/N-ethyl adjacent to an activating group) is 2. The molecule has 1 atom stereocenters. The van der Waals surface area contributed by atoms with Gasteiger partial charge >= 0.3 is 0 Å². The number of ether oxygens (including phenoxy) is 1. The molecule has 1 aliphatic rings. The van der Waals surface area contributed by atoms with E-state index in [0.29, 0.717) is 6.61 Å². The Labute approximate surface area is 79.4 Å². The van der Waals surface area contributed by atoms with Gasteiger partial charge in [-0.1, -0.05) is 6.92 Å². The Hall–Kier alpha value is -0.610. The number of carbonyl (C=O) groups is 1. The minimum absolute atomic E-state index is 0.0752. The summed E-state index contributed by atoms with van der Waals surface area (Å²) in [5.41, 5.74) is 0. The second-order valence-electron chi connectivity index (χ2n) is 3.45. The van der Waals surface area contributed by atoms with Crippen LogP contribution in [0.3, 0.4) is 0 Å². The lowest BCUT2D eigenvalue weighted by atomic mass is 10.2. The molecule has 1 amide bonds. The number of nitrogens with zero attached hydrogens (tertiary/aromatic N) is 2. The molecule has 1 saturated heterocycles. The summed E-state index contributed by atoms with van der Waals surface area (Å²) in [6.45, 7) is 5.12. The van der Waals surface area contributed by atoms with Crippen molar-refractivity contribution in [2.24, 2.45) is 0 Å². The number of hydrogen-bond acceptors (Lipinski definition) is 3. The van der Waals surface area contributed by atoms with E-state index in [2.05, 4.69) is 11.8 Å². The van der Waals surface area contributed by atoms with Gasteiger partial charge in [0.15, 0.2) is 0 Å². The van der Waals surface area contributed by atoms with Crippen LogP contribution in [0.1, 0.15) is 6.92 Å². The molecule has 0 spiro atoms. The zero-order valence-electron chi connectivity index (χ0n) is 8.62. The Morgan fingerprint density at radius 3 is 2.85 bits per heavy atom. The summed E-state index contributed by atoms with van der Waals surface area (Å²) in [4.78, 5) is 15.5. The van der Waals surface area contributed by atoms with Gasteiger partial charge in [-0.15, -0.1) is 0 Å². The van der Waals surface area contributed by atoms with Crippen molar-refractivity contribution >= 4 is 5.91 Å². The van der Waals surface area contributed by atoms with Gasteiger partial charge in [-0.25, -0.2) is 0 Å². The standard InChI is InChI=1S/C9H18N2O2/c1-4-11-5-6-13-7-8(11)9(12)10(2)3/h8H,4-7H2,1-3H3. The summed E-state index contributed by atoms with van der Waals surface area (Å²) < 4.78 is 5.30. The SMILES string of the molecule is CCN1CCOCC1C(=O)N(C)C. The van der Waals surface area contributed by atoms with Crippen molar-refractivity contribution in [1.82, 2.24) is 9.80 Å². The van der Waals surface area contributed by atoms with Crippen LogP contribution in [0.5, 0.6) is 0 Å². The maximum absolute atomic E-state index is 11.7. The lowest BCUT2D eigenvalue weighted by Gasteiger charge is -2.34. The van der Waals surface area contributed by atoms with Gasteiger partial charge in [0.05, 0.1) is 13.2 Å². The van der Waals surface area contributed by atoms with Crippen LogP contribution in [-0.4, -0.2) is 62.1 Å². The predicted molar refractivity (Wildman–Crippen MR) is 50.5 cm³/mol. The highest BCUT2D eigenvalue weighted by atomic mass is 16.5. The molecule has 1 heterocycles. The lowest BCUT2D eigenvalue weighted by molar-refractivity contribution is -0.140. The molecule has 4 nitrogen and oxygen atoms in total. The Bertz CT molecular complexity index is 182. The summed E-state index contributed by atoms with van der Waals surface area (Å²) in [7, 11) is 3.57. The molecule has 0 aromatic rings. The van der Waals surface area contributed by atoms with Crippen molar-refractivity contribution in [3.63, 3.8) is 0 Å². The highest BCUT2D eigenvalue weighted by Gasteiger charge is 2.28. The highest BCUT2D eigenvalue weighted by molar-refractivity contribution is 5.81. The fraction of sp³-hybridized carbons (Fsp3) is 0.889. The molecule has 1 fully saturated rings. The van der Waals surface area contributed by atoms with Crippen molar-refractivity contribution < 1.29 is 9.53 Å². The molecule has 0 radical (unpaired) electrons. The number of carbonyl (C=O) groups excluding carboxylic acids is 1. The van der Waals surface area contributed by atoms with Crippen LogP contribution in [-0.2, 0) is 9.53 Å². The first-order chi connectivity index (χ1) is 6.16. The van der Waals surface area contributed by atoms with E-state index in [0.717, 1.165) is 19.7 Å². The van der Waals surface area contributed by atoms with E-state index in [1.807, 2.05) is 0 Å². The summed E-state index contributed by atoms with van der Waals surface area (Å²) in [5.74, 6) is 0.140. The minimum Gasteiger partial charge on any atom is -0.378 e. The first-order valence-corrected chi connectivity index (χ1v) is 4.69. The normalized spacial score (nSPS) is 24.4. The third-order valence-corrected chi connectivity index (χ3v) is 2.37. The van der Waals surface area contributed by atoms with Gasteiger partial charge in [-0.2, -0.15) is 0 Å². The van der Waals surface area contributed by atoms with Crippen molar-refractivity contribution in [1.29, 1.82) is 0 Å². The second-order valence-corrected chi connectivity index (χ2v) is 3.45. The Morgan fingerprint density at radius 2 is 2.31 bits per heavy atom. The van der Waals surface area contributed by atoms with Crippen molar-refractivity contribution in [2.45, 2.75) is 13.0 Å². The topological polar surface area (TPSA) is 32.8 Å². The molecule has 1 rings (SSSR count). The lowest BCUT2D eigenvalue weighted by Crippen LogP contribution is -2.53. The van der Waals surface area contributed by atoms with Crippen LogP contribution in [0.2, 0.25) is 0 Å². The molecular formula is C9H18N2O2. The Morgan fingerprint density at radius 1 is 1.62 bits per heavy atom. The van der Waals surface area contributed by atoms with E-state index in [1.165, 1.54) is 0 Å². The molecule has 0 aromatic carbocycles. The van der Waals surface area contributed by atoms with E-state index in [4.69, 9.17) is 4.74 Å². The molecule has 0 aliphatic carbocycles. The molecular weight excluding hydrogens is 168 g/mol. The zero-order chi connectivity index (χ0) is 9.84. The van der Waals surface area contributed by atoms with Crippen LogP contribution in [0.15, 0.2) is 0 Å². The molecule has 1 unspecified atom stereocenters. The summed E-state index contributed by atoms with van der Waals surface area (Å²) in [6, 6.07) is -0.0752. The van der Waals surface area contributed by atoms with Crippen LogP contribution in [0, 0.1) is 0 Å². The van der Waals surface area contributed by atoms with Crippen LogP contribution in [0.4, 0.5) is 0 Å². The number of rotatable bonds is 2. The predicted octanol–water partition coefficient (Wildman–Crippen LogP) is -0.205. The average molecular weight is 186 g/mol. The van der Waals surface area contributed by atoms with E-state index < -0.39 is 0 Å². The molecule has 0 bridgehead atoms. The second kappa shape index (κ2) is 4.58. The van der Waals surface area contributed by atoms with Gasteiger partial charge in [0.1, 0.15) is 6.04 Å². The molecule has 4 heteroatoms. The van der Waals surface area contributed by atoms with Crippen molar-refractivity contribution in [3.05, 3.63) is 0 Å². The van der Waals surface area contributed by atoms with Crippen molar-refractivity contribution in [2.75, 3.05) is 40.4 Å². The minimum atomic E-state index is -0.0752. The molecule has 13 heavy (non-hydrogen) atoms. The first-order valence-electron chi connectivity index (χ1n) is 4.69. The highest BCUT2D eigenvalue weighted by Crippen LogP contribution is 2.08. The first kappa shape index (κ1) is 10.5. The molecule has 76 valence electrons. The summed E-state index contributed by atoms with van der Waals surface area (Å²) >= 11 is 0. The third kappa shape index (κ3) is 2.42. The quantitative estimate of drug-likeness (QED) is 0.598. The smallest absolute Gasteiger partial charge is 0.241 e. The van der Waals surface area contributed by atoms with Gasteiger partial charge in [-0.3, -0.25) is 9.69 Å². The van der Waals surface area contributed by atoms with E-state index in [-0.39, 0.29) is 11.9 Å². The van der Waals surface area contributed by atoms with Gasteiger partial charge in [-0.05, 0) is 6.54 Å². The monoisotopic (exact) mass is 186 g/mol. The summed E-state index contributed by atoms with van der Waals surface area (Å²) in [5, 5.41) is 0. The molecule has 0 aromatic heterocycles. The van der Waals surface area contributed by atoms with Crippen LogP contribution < -0.4 is 0 Å². The summed E-state index contributed by atoms with van der Waals surface area (Å²) in [6.07, 6.45) is 0. The Kier molecular flexibility index (Phi) is 3.69.